The molecular weight excluding hydrogens is 556 g/mol. The number of nitrogens with one attached hydrogen (secondary N) is 2. The van der Waals surface area contributed by atoms with Gasteiger partial charge in [0.15, 0.2) is 16.6 Å². The summed E-state index contributed by atoms with van der Waals surface area (Å²) >= 11 is 1.37. The fourth-order valence-electron chi connectivity index (χ4n) is 4.75. The number of nitrogens with two attached hydrogens (primary N) is 1. The van der Waals surface area contributed by atoms with Crippen LogP contribution in [0, 0.1) is 0 Å². The summed E-state index contributed by atoms with van der Waals surface area (Å²) in [5, 5.41) is 6.22. The highest BCUT2D eigenvalue weighted by Crippen LogP contribution is 2.39. The number of pyridine rings is 1. The van der Waals surface area contributed by atoms with Crippen molar-refractivity contribution in [2.75, 3.05) is 24.5 Å². The Bertz CT molecular complexity index is 1600. The first-order valence-electron chi connectivity index (χ1n) is 13.6. The third kappa shape index (κ3) is 6.21. The fourth-order valence-corrected chi connectivity index (χ4v) is 5.88. The molecule has 1 aromatic carbocycles. The predicted molar refractivity (Wildman–Crippen MR) is 160 cm³/mol. The SMILES string of the molecule is CCN(C(N)=O)c1nc2cc(-c3cnc(C(C)(C)OC(=O)CNC(=O)[C@@H]4CCCN4)nc3)cc(-c3ccccn3)c2s1. The molecule has 1 fully saturated rings. The molecule has 13 heteroatoms. The molecule has 3 amide bonds. The Morgan fingerprint density at radius 1 is 1.17 bits per heavy atom. The Morgan fingerprint density at radius 2 is 1.95 bits per heavy atom. The standard InChI is InChI=1S/C29H32N8O4S/c1-4-37(27(30)40)28-36-22-13-17(12-19(24(22)42-28)20-8-5-6-10-31-20)18-14-34-26(35-15-18)29(2,3)41-23(38)16-33-25(39)21-9-7-11-32-21/h5-6,8,10,12-15,21,32H,4,7,9,11,16H2,1-3H3,(H2,30,40)(H,33,39)/t21-/m0/s1. The molecule has 0 spiro atoms. The average molecular weight is 589 g/mol. The molecule has 12 nitrogen and oxygen atoms in total. The maximum Gasteiger partial charge on any atom is 0.326 e. The van der Waals surface area contributed by atoms with Crippen molar-refractivity contribution >= 4 is 44.6 Å². The number of carbonyl (C=O) groups is 3. The van der Waals surface area contributed by atoms with Gasteiger partial charge in [0.05, 0.1) is 22.0 Å². The number of primary amides is 1. The zero-order chi connectivity index (χ0) is 29.9. The first kappa shape index (κ1) is 29.0. The molecule has 4 heterocycles. The number of amides is 3. The summed E-state index contributed by atoms with van der Waals surface area (Å²) < 4.78 is 6.48. The van der Waals surface area contributed by atoms with E-state index in [1.54, 1.807) is 32.4 Å². The summed E-state index contributed by atoms with van der Waals surface area (Å²) in [5.74, 6) is -0.486. The van der Waals surface area contributed by atoms with Crippen molar-refractivity contribution in [3.63, 3.8) is 0 Å². The van der Waals surface area contributed by atoms with Crippen molar-refractivity contribution in [3.8, 4) is 22.4 Å². The number of anilines is 1. The van der Waals surface area contributed by atoms with E-state index in [2.05, 4.69) is 25.6 Å². The highest BCUT2D eigenvalue weighted by Gasteiger charge is 2.30. The van der Waals surface area contributed by atoms with Crippen LogP contribution >= 0.6 is 11.3 Å². The Labute approximate surface area is 246 Å². The van der Waals surface area contributed by atoms with Crippen LogP contribution in [0.2, 0.25) is 0 Å². The van der Waals surface area contributed by atoms with Crippen molar-refractivity contribution in [3.05, 3.63) is 54.7 Å². The lowest BCUT2D eigenvalue weighted by Crippen LogP contribution is -2.43. The molecule has 1 aliphatic heterocycles. The van der Waals surface area contributed by atoms with Crippen LogP contribution in [0.4, 0.5) is 9.93 Å². The number of aromatic nitrogens is 4. The number of urea groups is 1. The molecule has 1 atom stereocenters. The third-order valence-electron chi connectivity index (χ3n) is 6.91. The molecule has 5 rings (SSSR count). The molecule has 0 radical (unpaired) electrons. The largest absolute Gasteiger partial charge is 0.450 e. The Hall–Kier alpha value is -4.49. The van der Waals surface area contributed by atoms with Crippen LogP contribution < -0.4 is 21.3 Å². The van der Waals surface area contributed by atoms with Gasteiger partial charge in [-0.05, 0) is 70.0 Å². The number of fused-ring (bicyclic) bond motifs is 1. The van der Waals surface area contributed by atoms with Gasteiger partial charge >= 0.3 is 12.0 Å². The predicted octanol–water partition coefficient (Wildman–Crippen LogP) is 3.37. The summed E-state index contributed by atoms with van der Waals surface area (Å²) in [6.07, 6.45) is 6.71. The normalized spacial score (nSPS) is 15.0. The van der Waals surface area contributed by atoms with Crippen LogP contribution in [-0.4, -0.2) is 63.5 Å². The molecule has 218 valence electrons. The number of benzene rings is 1. The number of hydrogen-bond acceptors (Lipinski definition) is 10. The quantitative estimate of drug-likeness (QED) is 0.249. The van der Waals surface area contributed by atoms with Crippen molar-refractivity contribution < 1.29 is 19.1 Å². The van der Waals surface area contributed by atoms with Gasteiger partial charge in [-0.1, -0.05) is 17.4 Å². The minimum atomic E-state index is -1.13. The fraction of sp³-hybridized carbons (Fsp3) is 0.345. The zero-order valence-electron chi connectivity index (χ0n) is 23.6. The summed E-state index contributed by atoms with van der Waals surface area (Å²) in [5.41, 5.74) is 8.25. The van der Waals surface area contributed by atoms with Gasteiger partial charge in [0.1, 0.15) is 6.54 Å². The number of carbonyl (C=O) groups excluding carboxylic acids is 3. The van der Waals surface area contributed by atoms with Gasteiger partial charge in [-0.2, -0.15) is 0 Å². The van der Waals surface area contributed by atoms with Gasteiger partial charge < -0.3 is 21.1 Å². The molecular formula is C29H32N8O4S. The van der Waals surface area contributed by atoms with Gasteiger partial charge in [-0.15, -0.1) is 0 Å². The molecule has 42 heavy (non-hydrogen) atoms. The van der Waals surface area contributed by atoms with E-state index in [0.717, 1.165) is 40.9 Å². The van der Waals surface area contributed by atoms with Gasteiger partial charge in [0, 0.05) is 36.3 Å². The number of rotatable bonds is 9. The third-order valence-corrected chi connectivity index (χ3v) is 8.04. The van der Waals surface area contributed by atoms with Gasteiger partial charge in [0.25, 0.3) is 0 Å². The Balaban J connectivity index is 1.39. The van der Waals surface area contributed by atoms with Crippen LogP contribution in [0.25, 0.3) is 32.6 Å². The molecule has 4 N–H and O–H groups in total. The minimum absolute atomic E-state index is 0.214. The van der Waals surface area contributed by atoms with Crippen molar-refractivity contribution in [1.29, 1.82) is 0 Å². The minimum Gasteiger partial charge on any atom is -0.450 e. The molecule has 0 unspecified atom stereocenters. The van der Waals surface area contributed by atoms with E-state index in [1.807, 2.05) is 37.3 Å². The second kappa shape index (κ2) is 12.2. The van der Waals surface area contributed by atoms with E-state index in [0.29, 0.717) is 28.6 Å². The summed E-state index contributed by atoms with van der Waals surface area (Å²) in [7, 11) is 0. The first-order valence-corrected chi connectivity index (χ1v) is 14.5. The molecule has 1 aliphatic rings. The molecule has 0 bridgehead atoms. The maximum atomic E-state index is 12.5. The van der Waals surface area contributed by atoms with E-state index >= 15 is 0 Å². The Morgan fingerprint density at radius 3 is 2.60 bits per heavy atom. The van der Waals surface area contributed by atoms with E-state index in [9.17, 15) is 14.4 Å². The lowest BCUT2D eigenvalue weighted by Gasteiger charge is -2.24. The lowest BCUT2D eigenvalue weighted by molar-refractivity contribution is -0.157. The second-order valence-corrected chi connectivity index (χ2v) is 11.3. The van der Waals surface area contributed by atoms with E-state index in [-0.39, 0.29) is 18.5 Å². The molecule has 4 aromatic rings. The number of ether oxygens (including phenoxy) is 1. The van der Waals surface area contributed by atoms with E-state index in [1.165, 1.54) is 16.2 Å². The molecule has 3 aromatic heterocycles. The first-order chi connectivity index (χ1) is 20.2. The zero-order valence-corrected chi connectivity index (χ0v) is 24.4. The van der Waals surface area contributed by atoms with Crippen LogP contribution in [0.3, 0.4) is 0 Å². The molecule has 1 saturated heterocycles. The van der Waals surface area contributed by atoms with Gasteiger partial charge in [-0.25, -0.2) is 19.7 Å². The van der Waals surface area contributed by atoms with Crippen molar-refractivity contribution in [2.24, 2.45) is 5.73 Å². The Kier molecular flexibility index (Phi) is 8.41. The number of hydrogen-bond donors (Lipinski definition) is 3. The topological polar surface area (TPSA) is 165 Å². The van der Waals surface area contributed by atoms with E-state index < -0.39 is 17.6 Å². The summed E-state index contributed by atoms with van der Waals surface area (Å²) in [6, 6.07) is 8.70. The summed E-state index contributed by atoms with van der Waals surface area (Å²) in [4.78, 5) is 56.3. The lowest BCUT2D eigenvalue weighted by atomic mass is 10.0. The monoisotopic (exact) mass is 588 g/mol. The van der Waals surface area contributed by atoms with Gasteiger partial charge in [0.2, 0.25) is 5.91 Å². The maximum absolute atomic E-state index is 12.5. The number of thiazole rings is 1. The van der Waals surface area contributed by atoms with Crippen molar-refractivity contribution in [1.82, 2.24) is 30.6 Å². The van der Waals surface area contributed by atoms with Crippen LogP contribution in [0.15, 0.2) is 48.9 Å². The number of esters is 1. The summed E-state index contributed by atoms with van der Waals surface area (Å²) in [6.45, 7) is 6.17. The van der Waals surface area contributed by atoms with Crippen LogP contribution in [-0.2, 0) is 19.9 Å². The van der Waals surface area contributed by atoms with Crippen LogP contribution in [0.5, 0.6) is 0 Å². The second-order valence-electron chi connectivity index (χ2n) is 10.3. The average Bonchev–Trinajstić information content (AvgIpc) is 3.67. The smallest absolute Gasteiger partial charge is 0.326 e. The van der Waals surface area contributed by atoms with Crippen molar-refractivity contribution in [2.45, 2.75) is 45.3 Å². The number of nitrogens with zero attached hydrogens (tertiary/aromatic N) is 5. The molecule has 0 aliphatic carbocycles. The highest BCUT2D eigenvalue weighted by atomic mass is 32.1. The van der Waals surface area contributed by atoms with E-state index in [4.69, 9.17) is 15.5 Å². The molecule has 0 saturated carbocycles. The highest BCUT2D eigenvalue weighted by molar-refractivity contribution is 7.23. The van der Waals surface area contributed by atoms with Crippen LogP contribution in [0.1, 0.15) is 39.4 Å². The van der Waals surface area contributed by atoms with Gasteiger partial charge in [-0.3, -0.25) is 19.5 Å².